The largest absolute Gasteiger partial charge is 0.377 e. The third-order valence-electron chi connectivity index (χ3n) is 5.43. The van der Waals surface area contributed by atoms with Gasteiger partial charge in [0, 0.05) is 30.5 Å². The SMILES string of the molecule is O=C1Nc2cccc(n2)-c2nncn2CCCOCc2ccc(-c3ccc(CF)nc3)cc21. The Bertz CT molecular complexity index is 1290. The highest BCUT2D eigenvalue weighted by Gasteiger charge is 2.17. The molecule has 0 saturated carbocycles. The van der Waals surface area contributed by atoms with Gasteiger partial charge in [0.25, 0.3) is 5.91 Å². The van der Waals surface area contributed by atoms with Gasteiger partial charge in [-0.15, -0.1) is 10.2 Å². The molecule has 166 valence electrons. The Hall–Kier alpha value is -3.98. The molecule has 8 nitrogen and oxygen atoms in total. The van der Waals surface area contributed by atoms with Crippen molar-refractivity contribution >= 4 is 11.7 Å². The van der Waals surface area contributed by atoms with E-state index in [9.17, 15) is 9.18 Å². The summed E-state index contributed by atoms with van der Waals surface area (Å²) < 4.78 is 20.6. The van der Waals surface area contributed by atoms with Crippen molar-refractivity contribution in [3.8, 4) is 22.6 Å². The third kappa shape index (κ3) is 4.49. The van der Waals surface area contributed by atoms with Crippen LogP contribution in [0, 0.1) is 0 Å². The summed E-state index contributed by atoms with van der Waals surface area (Å²) in [5.74, 6) is 0.748. The van der Waals surface area contributed by atoms with Crippen molar-refractivity contribution in [2.24, 2.45) is 0 Å². The standard InChI is InChI=1S/C24H21FN6O2/c25-12-19-8-7-17(13-26-19)16-5-6-18-14-33-10-2-9-31-15-27-30-23(31)21-3-1-4-22(28-21)29-24(32)20(18)11-16/h1,3-8,11,13,15H,2,9-10,12,14H2,(H,28,29,32). The molecule has 4 aromatic rings. The number of nitrogens with one attached hydrogen (secondary N) is 1. The summed E-state index contributed by atoms with van der Waals surface area (Å²) in [6.07, 6.45) is 4.03. The smallest absolute Gasteiger partial charge is 0.257 e. The van der Waals surface area contributed by atoms with Gasteiger partial charge in [0.15, 0.2) is 5.82 Å². The molecule has 1 aliphatic rings. The molecule has 4 heterocycles. The van der Waals surface area contributed by atoms with Gasteiger partial charge >= 0.3 is 0 Å². The lowest BCUT2D eigenvalue weighted by molar-refractivity contribution is 0.1000. The van der Waals surface area contributed by atoms with E-state index in [0.29, 0.717) is 48.4 Å². The summed E-state index contributed by atoms with van der Waals surface area (Å²) in [4.78, 5) is 21.9. The maximum atomic E-state index is 13.3. The fourth-order valence-corrected chi connectivity index (χ4v) is 3.72. The van der Waals surface area contributed by atoms with Gasteiger partial charge in [-0.25, -0.2) is 9.37 Å². The number of carbonyl (C=O) groups is 1. The second-order valence-corrected chi connectivity index (χ2v) is 7.66. The fraction of sp³-hybridized carbons (Fsp3) is 0.208. The highest BCUT2D eigenvalue weighted by Crippen LogP contribution is 2.25. The maximum absolute atomic E-state index is 13.3. The minimum absolute atomic E-state index is 0.296. The molecule has 0 radical (unpaired) electrons. The number of benzene rings is 1. The lowest BCUT2D eigenvalue weighted by atomic mass is 9.99. The van der Waals surface area contributed by atoms with Gasteiger partial charge in [-0.3, -0.25) is 9.78 Å². The van der Waals surface area contributed by atoms with E-state index in [1.54, 1.807) is 36.8 Å². The molecule has 2 bridgehead atoms. The Morgan fingerprint density at radius 3 is 2.88 bits per heavy atom. The Balaban J connectivity index is 1.52. The number of rotatable bonds is 2. The summed E-state index contributed by atoms with van der Waals surface area (Å²) in [6, 6.07) is 14.4. The molecule has 0 aliphatic carbocycles. The van der Waals surface area contributed by atoms with E-state index in [-0.39, 0.29) is 5.91 Å². The monoisotopic (exact) mass is 444 g/mol. The van der Waals surface area contributed by atoms with Crippen LogP contribution in [0.3, 0.4) is 0 Å². The zero-order valence-electron chi connectivity index (χ0n) is 17.7. The van der Waals surface area contributed by atoms with Crippen molar-refractivity contribution in [2.75, 3.05) is 11.9 Å². The van der Waals surface area contributed by atoms with Gasteiger partial charge < -0.3 is 14.6 Å². The zero-order valence-corrected chi connectivity index (χ0v) is 17.7. The number of hydrogen-bond acceptors (Lipinski definition) is 6. The average molecular weight is 444 g/mol. The molecule has 0 unspecified atom stereocenters. The van der Waals surface area contributed by atoms with Crippen LogP contribution in [-0.2, 0) is 24.6 Å². The van der Waals surface area contributed by atoms with Crippen molar-refractivity contribution < 1.29 is 13.9 Å². The summed E-state index contributed by atoms with van der Waals surface area (Å²) in [5, 5.41) is 11.1. The first kappa shape index (κ1) is 20.9. The van der Waals surface area contributed by atoms with Crippen LogP contribution < -0.4 is 5.32 Å². The quantitative estimate of drug-likeness (QED) is 0.501. The van der Waals surface area contributed by atoms with Gasteiger partial charge in [0.05, 0.1) is 12.3 Å². The number of amides is 1. The molecule has 0 spiro atoms. The first-order valence-electron chi connectivity index (χ1n) is 10.6. The van der Waals surface area contributed by atoms with Crippen LogP contribution in [0.5, 0.6) is 0 Å². The zero-order chi connectivity index (χ0) is 22.6. The molecular weight excluding hydrogens is 423 g/mol. The van der Waals surface area contributed by atoms with Crippen LogP contribution in [0.4, 0.5) is 10.2 Å². The maximum Gasteiger partial charge on any atom is 0.257 e. The molecule has 1 aromatic carbocycles. The van der Waals surface area contributed by atoms with Gasteiger partial charge in [0.2, 0.25) is 0 Å². The third-order valence-corrected chi connectivity index (χ3v) is 5.43. The predicted molar refractivity (Wildman–Crippen MR) is 120 cm³/mol. The summed E-state index contributed by atoms with van der Waals surface area (Å²) in [6.45, 7) is 0.883. The van der Waals surface area contributed by atoms with Crippen molar-refractivity contribution in [1.29, 1.82) is 0 Å². The van der Waals surface area contributed by atoms with E-state index >= 15 is 0 Å². The molecule has 5 rings (SSSR count). The first-order chi connectivity index (χ1) is 16.2. The highest BCUT2D eigenvalue weighted by atomic mass is 19.1. The molecular formula is C24H21FN6O2. The molecule has 33 heavy (non-hydrogen) atoms. The Kier molecular flexibility index (Phi) is 5.86. The van der Waals surface area contributed by atoms with Crippen LogP contribution in [0.15, 0.2) is 61.1 Å². The Morgan fingerprint density at radius 2 is 2.03 bits per heavy atom. The second kappa shape index (κ2) is 9.25. The van der Waals surface area contributed by atoms with Crippen LogP contribution in [0.1, 0.15) is 28.0 Å². The fourth-order valence-electron chi connectivity index (χ4n) is 3.72. The molecule has 3 aromatic heterocycles. The summed E-state index contributed by atoms with van der Waals surface area (Å²) in [5.41, 5.74) is 3.83. The van der Waals surface area contributed by atoms with Gasteiger partial charge in [0.1, 0.15) is 24.5 Å². The molecule has 1 aliphatic heterocycles. The first-order valence-corrected chi connectivity index (χ1v) is 10.6. The highest BCUT2D eigenvalue weighted by molar-refractivity contribution is 6.05. The van der Waals surface area contributed by atoms with E-state index in [1.165, 1.54) is 0 Å². The van der Waals surface area contributed by atoms with E-state index in [0.717, 1.165) is 23.1 Å². The number of carbonyl (C=O) groups excluding carboxylic acids is 1. The van der Waals surface area contributed by atoms with Crippen LogP contribution in [0.25, 0.3) is 22.6 Å². The Labute approximate surface area is 189 Å². The van der Waals surface area contributed by atoms with E-state index in [4.69, 9.17) is 4.74 Å². The number of ether oxygens (including phenoxy) is 1. The van der Waals surface area contributed by atoms with Gasteiger partial charge in [-0.05, 0) is 41.8 Å². The summed E-state index contributed by atoms with van der Waals surface area (Å²) in [7, 11) is 0. The normalized spacial score (nSPS) is 14.0. The molecule has 0 atom stereocenters. The molecule has 0 fully saturated rings. The molecule has 0 saturated heterocycles. The minimum Gasteiger partial charge on any atom is -0.377 e. The number of hydrogen-bond donors (Lipinski definition) is 1. The number of aromatic nitrogens is 5. The predicted octanol–water partition coefficient (Wildman–Crippen LogP) is 4.04. The van der Waals surface area contributed by atoms with Gasteiger partial charge in [-0.2, -0.15) is 0 Å². The lowest BCUT2D eigenvalue weighted by Gasteiger charge is -2.14. The number of fused-ring (bicyclic) bond motifs is 5. The van der Waals surface area contributed by atoms with Gasteiger partial charge in [-0.1, -0.05) is 24.3 Å². The number of halogens is 1. The van der Waals surface area contributed by atoms with Crippen LogP contribution in [-0.4, -0.2) is 37.2 Å². The minimum atomic E-state index is -0.618. The van der Waals surface area contributed by atoms with Crippen molar-refractivity contribution in [3.63, 3.8) is 0 Å². The average Bonchev–Trinajstić information content (AvgIpc) is 3.32. The lowest BCUT2D eigenvalue weighted by Crippen LogP contribution is -2.17. The van der Waals surface area contributed by atoms with Crippen molar-refractivity contribution in [3.05, 3.63) is 77.9 Å². The van der Waals surface area contributed by atoms with E-state index in [1.807, 2.05) is 28.8 Å². The Morgan fingerprint density at radius 1 is 1.12 bits per heavy atom. The number of alkyl halides is 1. The number of pyridine rings is 2. The summed E-state index contributed by atoms with van der Waals surface area (Å²) >= 11 is 0. The molecule has 1 amide bonds. The second-order valence-electron chi connectivity index (χ2n) is 7.66. The van der Waals surface area contributed by atoms with E-state index < -0.39 is 6.67 Å². The van der Waals surface area contributed by atoms with Crippen LogP contribution in [0.2, 0.25) is 0 Å². The van der Waals surface area contributed by atoms with Crippen molar-refractivity contribution in [2.45, 2.75) is 26.2 Å². The van der Waals surface area contributed by atoms with E-state index in [2.05, 4.69) is 25.5 Å². The number of aryl methyl sites for hydroxylation is 1. The van der Waals surface area contributed by atoms with Crippen LogP contribution >= 0.6 is 0 Å². The molecule has 9 heteroatoms. The van der Waals surface area contributed by atoms with Crippen molar-refractivity contribution in [1.82, 2.24) is 24.7 Å². The molecule has 1 N–H and O–H groups in total. The number of nitrogens with zero attached hydrogens (tertiary/aromatic N) is 5. The topological polar surface area (TPSA) is 94.8 Å². The number of anilines is 1.